The van der Waals surface area contributed by atoms with Crippen molar-refractivity contribution in [1.82, 2.24) is 16.2 Å². The monoisotopic (exact) mass is 233 g/mol. The second kappa shape index (κ2) is 5.63. The zero-order chi connectivity index (χ0) is 12.3. The number of hydrogen-bond acceptors (Lipinski definition) is 3. The number of nitrogens with one attached hydrogen (secondary N) is 3. The molecule has 1 aromatic rings. The molecule has 3 N–H and O–H groups in total. The van der Waals surface area contributed by atoms with E-state index in [0.717, 1.165) is 19.6 Å². The quantitative estimate of drug-likeness (QED) is 0.740. The zero-order valence-corrected chi connectivity index (χ0v) is 11.0. The van der Waals surface area contributed by atoms with Gasteiger partial charge < -0.3 is 5.32 Å². The molecule has 1 saturated heterocycles. The summed E-state index contributed by atoms with van der Waals surface area (Å²) in [5.41, 5.74) is 10.8. The summed E-state index contributed by atoms with van der Waals surface area (Å²) in [5.74, 6) is 0.621. The third-order valence-corrected chi connectivity index (χ3v) is 3.35. The van der Waals surface area contributed by atoms with Crippen molar-refractivity contribution in [1.29, 1.82) is 0 Å². The first-order chi connectivity index (χ1) is 8.20. The van der Waals surface area contributed by atoms with Gasteiger partial charge >= 0.3 is 0 Å². The van der Waals surface area contributed by atoms with Gasteiger partial charge in [0.2, 0.25) is 0 Å². The number of aryl methyl sites for hydroxylation is 2. The average molecular weight is 233 g/mol. The highest BCUT2D eigenvalue weighted by atomic mass is 15.4. The molecule has 1 fully saturated rings. The summed E-state index contributed by atoms with van der Waals surface area (Å²) in [4.78, 5) is 0. The van der Waals surface area contributed by atoms with Gasteiger partial charge in [-0.3, -0.25) is 5.43 Å². The van der Waals surface area contributed by atoms with Gasteiger partial charge in [0.1, 0.15) is 0 Å². The lowest BCUT2D eigenvalue weighted by Gasteiger charge is -2.20. The molecule has 1 aliphatic rings. The second-order valence-electron chi connectivity index (χ2n) is 4.99. The molecule has 17 heavy (non-hydrogen) atoms. The topological polar surface area (TPSA) is 36.1 Å². The number of hydrogen-bond donors (Lipinski definition) is 3. The molecule has 0 amide bonds. The molecule has 0 saturated carbocycles. The van der Waals surface area contributed by atoms with Gasteiger partial charge in [-0.05, 0) is 26.0 Å². The molecule has 0 radical (unpaired) electrons. The first-order valence-electron chi connectivity index (χ1n) is 6.48. The van der Waals surface area contributed by atoms with E-state index in [0.29, 0.717) is 12.0 Å². The summed E-state index contributed by atoms with van der Waals surface area (Å²) in [6.07, 6.45) is 0. The van der Waals surface area contributed by atoms with Gasteiger partial charge in [-0.15, -0.1) is 0 Å². The molecule has 2 atom stereocenters. The van der Waals surface area contributed by atoms with Crippen LogP contribution in [0.5, 0.6) is 0 Å². The molecule has 0 aromatic heterocycles. The van der Waals surface area contributed by atoms with Crippen LogP contribution in [-0.4, -0.2) is 19.6 Å². The van der Waals surface area contributed by atoms with Crippen molar-refractivity contribution in [2.45, 2.75) is 26.8 Å². The van der Waals surface area contributed by atoms with E-state index in [-0.39, 0.29) is 0 Å². The third kappa shape index (κ3) is 3.06. The molecular formula is C14H23N3. The van der Waals surface area contributed by atoms with Crippen LogP contribution in [0, 0.1) is 19.8 Å². The SMILES string of the molecule is CCNCC1CNNC1c1cc(C)cc(C)c1. The van der Waals surface area contributed by atoms with Gasteiger partial charge in [-0.1, -0.05) is 36.2 Å². The minimum absolute atomic E-state index is 0.424. The first-order valence-corrected chi connectivity index (χ1v) is 6.48. The molecule has 2 rings (SSSR count). The van der Waals surface area contributed by atoms with Gasteiger partial charge in [-0.25, -0.2) is 5.43 Å². The predicted molar refractivity (Wildman–Crippen MR) is 71.8 cm³/mol. The second-order valence-corrected chi connectivity index (χ2v) is 4.99. The Morgan fingerprint density at radius 2 is 1.94 bits per heavy atom. The van der Waals surface area contributed by atoms with E-state index >= 15 is 0 Å². The third-order valence-electron chi connectivity index (χ3n) is 3.35. The minimum Gasteiger partial charge on any atom is -0.317 e. The maximum atomic E-state index is 3.44. The zero-order valence-electron chi connectivity index (χ0n) is 11.0. The molecule has 1 aromatic carbocycles. The Labute approximate surface area is 104 Å². The lowest BCUT2D eigenvalue weighted by atomic mass is 9.92. The van der Waals surface area contributed by atoms with Crippen LogP contribution < -0.4 is 16.2 Å². The van der Waals surface area contributed by atoms with Crippen molar-refractivity contribution in [3.63, 3.8) is 0 Å². The van der Waals surface area contributed by atoms with Crippen molar-refractivity contribution in [2.75, 3.05) is 19.6 Å². The molecule has 3 heteroatoms. The number of hydrazine groups is 1. The molecule has 0 spiro atoms. The fourth-order valence-corrected chi connectivity index (χ4v) is 2.60. The summed E-state index contributed by atoms with van der Waals surface area (Å²) in [6.45, 7) is 9.62. The molecule has 2 unspecified atom stereocenters. The number of rotatable bonds is 4. The maximum absolute atomic E-state index is 3.44. The fourth-order valence-electron chi connectivity index (χ4n) is 2.60. The Kier molecular flexibility index (Phi) is 4.15. The maximum Gasteiger partial charge on any atom is 0.0515 e. The van der Waals surface area contributed by atoms with Crippen molar-refractivity contribution >= 4 is 0 Å². The first kappa shape index (κ1) is 12.6. The summed E-state index contributed by atoms with van der Waals surface area (Å²) >= 11 is 0. The Hall–Kier alpha value is -0.900. The van der Waals surface area contributed by atoms with E-state index in [1.54, 1.807) is 0 Å². The van der Waals surface area contributed by atoms with Crippen LogP contribution in [0.2, 0.25) is 0 Å². The van der Waals surface area contributed by atoms with E-state index < -0.39 is 0 Å². The average Bonchev–Trinajstić information content (AvgIpc) is 2.73. The van der Waals surface area contributed by atoms with Gasteiger partial charge in [-0.2, -0.15) is 0 Å². The van der Waals surface area contributed by atoms with E-state index in [2.05, 4.69) is 55.1 Å². The highest BCUT2D eigenvalue weighted by molar-refractivity contribution is 5.31. The lowest BCUT2D eigenvalue weighted by molar-refractivity contribution is 0.447. The van der Waals surface area contributed by atoms with Gasteiger partial charge in [0.25, 0.3) is 0 Å². The Morgan fingerprint density at radius 1 is 1.24 bits per heavy atom. The summed E-state index contributed by atoms with van der Waals surface area (Å²) in [7, 11) is 0. The smallest absolute Gasteiger partial charge is 0.0515 e. The van der Waals surface area contributed by atoms with Crippen molar-refractivity contribution < 1.29 is 0 Å². The molecule has 1 heterocycles. The predicted octanol–water partition coefficient (Wildman–Crippen LogP) is 1.68. The highest BCUT2D eigenvalue weighted by Crippen LogP contribution is 2.26. The van der Waals surface area contributed by atoms with Crippen molar-refractivity contribution in [2.24, 2.45) is 5.92 Å². The molecule has 3 nitrogen and oxygen atoms in total. The van der Waals surface area contributed by atoms with E-state index in [4.69, 9.17) is 0 Å². The Balaban J connectivity index is 2.14. The summed E-state index contributed by atoms with van der Waals surface area (Å²) < 4.78 is 0. The highest BCUT2D eigenvalue weighted by Gasteiger charge is 2.27. The van der Waals surface area contributed by atoms with Gasteiger partial charge in [0.05, 0.1) is 6.04 Å². The molecular weight excluding hydrogens is 210 g/mol. The summed E-state index contributed by atoms with van der Waals surface area (Å²) in [5, 5.41) is 3.44. The van der Waals surface area contributed by atoms with Crippen LogP contribution in [0.25, 0.3) is 0 Å². The van der Waals surface area contributed by atoms with Gasteiger partial charge in [0, 0.05) is 19.0 Å². The fraction of sp³-hybridized carbons (Fsp3) is 0.571. The normalized spacial score (nSPS) is 24.2. The minimum atomic E-state index is 0.424. The molecule has 0 aliphatic carbocycles. The van der Waals surface area contributed by atoms with Crippen LogP contribution in [-0.2, 0) is 0 Å². The van der Waals surface area contributed by atoms with Crippen molar-refractivity contribution in [3.05, 3.63) is 34.9 Å². The standard InChI is InChI=1S/C14H23N3/c1-4-15-8-13-9-16-17-14(13)12-6-10(2)5-11(3)7-12/h5-7,13-17H,4,8-9H2,1-3H3. The molecule has 1 aliphatic heterocycles. The van der Waals surface area contributed by atoms with E-state index in [9.17, 15) is 0 Å². The van der Waals surface area contributed by atoms with Crippen LogP contribution in [0.3, 0.4) is 0 Å². The Bertz CT molecular complexity index is 355. The largest absolute Gasteiger partial charge is 0.317 e. The molecule has 94 valence electrons. The Morgan fingerprint density at radius 3 is 2.59 bits per heavy atom. The van der Waals surface area contributed by atoms with Crippen LogP contribution in [0.4, 0.5) is 0 Å². The van der Waals surface area contributed by atoms with E-state index in [1.165, 1.54) is 16.7 Å². The molecule has 0 bridgehead atoms. The van der Waals surface area contributed by atoms with Gasteiger partial charge in [0.15, 0.2) is 0 Å². The van der Waals surface area contributed by atoms with Crippen LogP contribution in [0.1, 0.15) is 29.7 Å². The van der Waals surface area contributed by atoms with E-state index in [1.807, 2.05) is 0 Å². The summed E-state index contributed by atoms with van der Waals surface area (Å²) in [6, 6.07) is 7.23. The number of benzene rings is 1. The van der Waals surface area contributed by atoms with Crippen LogP contribution in [0.15, 0.2) is 18.2 Å². The lowest BCUT2D eigenvalue weighted by Crippen LogP contribution is -2.28. The van der Waals surface area contributed by atoms with Crippen molar-refractivity contribution in [3.8, 4) is 0 Å². The van der Waals surface area contributed by atoms with Crippen LogP contribution >= 0.6 is 0 Å².